The Labute approximate surface area is 82.1 Å². The maximum atomic E-state index is 3.87. The highest BCUT2D eigenvalue weighted by molar-refractivity contribution is 4.99. The average Bonchev–Trinajstić information content (AvgIpc) is 2.14. The van der Waals surface area contributed by atoms with Gasteiger partial charge in [0.15, 0.2) is 0 Å². The molecule has 0 N–H and O–H groups in total. The summed E-state index contributed by atoms with van der Waals surface area (Å²) >= 11 is 0. The van der Waals surface area contributed by atoms with E-state index in [1.807, 2.05) is 0 Å². The Balaban J connectivity index is 2.09. The minimum absolute atomic E-state index is 1.04. The molecule has 0 atom stereocenters. The van der Waals surface area contributed by atoms with Crippen LogP contribution in [0, 0.1) is 0 Å². The van der Waals surface area contributed by atoms with Gasteiger partial charge in [0.05, 0.1) is 0 Å². The largest absolute Gasteiger partial charge is 0.300 e. The zero-order valence-corrected chi connectivity index (χ0v) is 8.76. The first-order valence-electron chi connectivity index (χ1n) is 5.31. The molecular weight excluding hydrogens is 158 g/mol. The van der Waals surface area contributed by atoms with Gasteiger partial charge in [-0.15, -0.1) is 0 Å². The highest BCUT2D eigenvalue weighted by Gasteiger charge is 2.06. The van der Waals surface area contributed by atoms with Gasteiger partial charge in [0, 0.05) is 6.54 Å². The van der Waals surface area contributed by atoms with Gasteiger partial charge in [-0.3, -0.25) is 4.90 Å². The highest BCUT2D eigenvalue weighted by Crippen LogP contribution is 2.08. The molecule has 1 rings (SSSR count). The molecule has 0 aliphatic carbocycles. The number of allylic oxidation sites excluding steroid dienone is 2. The molecule has 1 heteroatoms. The van der Waals surface area contributed by atoms with Crippen molar-refractivity contribution < 1.29 is 0 Å². The lowest BCUT2D eigenvalue weighted by molar-refractivity contribution is 0.251. The van der Waals surface area contributed by atoms with Crippen molar-refractivity contribution in [3.8, 4) is 0 Å². The Kier molecular flexibility index (Phi) is 4.84. The molecule has 0 spiro atoms. The zero-order chi connectivity index (χ0) is 9.52. The molecule has 1 fully saturated rings. The van der Waals surface area contributed by atoms with Crippen LogP contribution < -0.4 is 0 Å². The smallest absolute Gasteiger partial charge is 0.0163 e. The van der Waals surface area contributed by atoms with Gasteiger partial charge < -0.3 is 0 Å². The molecule has 1 aliphatic rings. The predicted octanol–water partition coefficient (Wildman–Crippen LogP) is 2.99. The van der Waals surface area contributed by atoms with Gasteiger partial charge in [0.25, 0.3) is 0 Å². The molecule has 13 heavy (non-hydrogen) atoms. The minimum Gasteiger partial charge on any atom is -0.300 e. The van der Waals surface area contributed by atoms with Crippen molar-refractivity contribution in [3.05, 3.63) is 24.3 Å². The van der Waals surface area contributed by atoms with Crippen molar-refractivity contribution in [2.24, 2.45) is 0 Å². The number of piperidine rings is 1. The zero-order valence-electron chi connectivity index (χ0n) is 8.76. The molecule has 0 aromatic heterocycles. The van der Waals surface area contributed by atoms with Crippen LogP contribution in [0.3, 0.4) is 0 Å². The molecule has 0 unspecified atom stereocenters. The van der Waals surface area contributed by atoms with Crippen LogP contribution >= 0.6 is 0 Å². The monoisotopic (exact) mass is 179 g/mol. The van der Waals surface area contributed by atoms with Crippen molar-refractivity contribution in [2.45, 2.75) is 32.6 Å². The second kappa shape index (κ2) is 5.98. The van der Waals surface area contributed by atoms with E-state index in [-0.39, 0.29) is 0 Å². The molecule has 0 saturated carbocycles. The summed E-state index contributed by atoms with van der Waals surface area (Å²) in [6.07, 6.45) is 9.74. The topological polar surface area (TPSA) is 3.24 Å². The van der Waals surface area contributed by atoms with Crippen LogP contribution in [0.25, 0.3) is 0 Å². The van der Waals surface area contributed by atoms with Crippen LogP contribution in [-0.2, 0) is 0 Å². The summed E-state index contributed by atoms with van der Waals surface area (Å²) < 4.78 is 0. The molecule has 1 heterocycles. The third-order valence-electron chi connectivity index (χ3n) is 2.45. The van der Waals surface area contributed by atoms with Crippen LogP contribution in [-0.4, -0.2) is 24.5 Å². The third-order valence-corrected chi connectivity index (χ3v) is 2.45. The van der Waals surface area contributed by atoms with Crippen molar-refractivity contribution in [1.29, 1.82) is 0 Å². The normalized spacial score (nSPS) is 19.5. The fraction of sp³-hybridized carbons (Fsp3) is 0.667. The maximum absolute atomic E-state index is 3.87. The fourth-order valence-corrected chi connectivity index (χ4v) is 1.65. The van der Waals surface area contributed by atoms with Crippen molar-refractivity contribution in [1.82, 2.24) is 4.90 Å². The Hall–Kier alpha value is -0.560. The van der Waals surface area contributed by atoms with Crippen molar-refractivity contribution in [2.75, 3.05) is 19.6 Å². The number of nitrogens with zero attached hydrogens (tertiary/aromatic N) is 1. The van der Waals surface area contributed by atoms with Crippen molar-refractivity contribution in [3.63, 3.8) is 0 Å². The van der Waals surface area contributed by atoms with E-state index in [9.17, 15) is 0 Å². The molecule has 0 bridgehead atoms. The molecule has 1 nitrogen and oxygen atoms in total. The Morgan fingerprint density at radius 1 is 1.23 bits per heavy atom. The van der Waals surface area contributed by atoms with Crippen LogP contribution in [0.15, 0.2) is 24.3 Å². The molecule has 0 aromatic carbocycles. The first kappa shape index (κ1) is 10.5. The molecule has 0 aromatic rings. The molecule has 0 amide bonds. The van der Waals surface area contributed by atoms with E-state index < -0.39 is 0 Å². The molecule has 0 radical (unpaired) electrons. The van der Waals surface area contributed by atoms with E-state index in [0.717, 1.165) is 13.0 Å². The number of hydrogen-bond acceptors (Lipinski definition) is 1. The first-order valence-corrected chi connectivity index (χ1v) is 5.31. The summed E-state index contributed by atoms with van der Waals surface area (Å²) in [5.41, 5.74) is 1.25. The SMILES string of the molecule is C=C(C)C/C=C/CN1CCCCC1. The summed E-state index contributed by atoms with van der Waals surface area (Å²) in [6, 6.07) is 0. The molecule has 1 aliphatic heterocycles. The summed E-state index contributed by atoms with van der Waals surface area (Å²) in [5, 5.41) is 0. The van der Waals surface area contributed by atoms with Gasteiger partial charge in [0.1, 0.15) is 0 Å². The van der Waals surface area contributed by atoms with Gasteiger partial charge in [-0.25, -0.2) is 0 Å². The van der Waals surface area contributed by atoms with Gasteiger partial charge in [-0.1, -0.05) is 30.7 Å². The van der Waals surface area contributed by atoms with Gasteiger partial charge >= 0.3 is 0 Å². The quantitative estimate of drug-likeness (QED) is 0.600. The summed E-state index contributed by atoms with van der Waals surface area (Å²) in [7, 11) is 0. The van der Waals surface area contributed by atoms with Crippen LogP contribution in [0.2, 0.25) is 0 Å². The summed E-state index contributed by atoms with van der Waals surface area (Å²) in [4.78, 5) is 2.53. The lowest BCUT2D eigenvalue weighted by Gasteiger charge is -2.24. The summed E-state index contributed by atoms with van der Waals surface area (Å²) in [6.45, 7) is 9.66. The Morgan fingerprint density at radius 3 is 2.54 bits per heavy atom. The minimum atomic E-state index is 1.04. The van der Waals surface area contributed by atoms with E-state index in [4.69, 9.17) is 0 Å². The second-order valence-corrected chi connectivity index (χ2v) is 3.99. The summed E-state index contributed by atoms with van der Waals surface area (Å²) in [5.74, 6) is 0. The fourth-order valence-electron chi connectivity index (χ4n) is 1.65. The third kappa shape index (κ3) is 4.89. The van der Waals surface area contributed by atoms with Crippen LogP contribution in [0.5, 0.6) is 0 Å². The van der Waals surface area contributed by atoms with Gasteiger partial charge in [-0.2, -0.15) is 0 Å². The number of rotatable bonds is 4. The molecular formula is C12H21N. The standard InChI is InChI=1S/C12H21N/c1-12(2)8-4-7-11-13-9-5-3-6-10-13/h4,7H,1,3,5-6,8-11H2,2H3/b7-4+. The van der Waals surface area contributed by atoms with E-state index in [1.54, 1.807) is 0 Å². The Morgan fingerprint density at radius 2 is 1.92 bits per heavy atom. The highest BCUT2D eigenvalue weighted by atomic mass is 15.1. The van der Waals surface area contributed by atoms with Crippen LogP contribution in [0.1, 0.15) is 32.6 Å². The average molecular weight is 179 g/mol. The van der Waals surface area contributed by atoms with E-state index in [1.165, 1.54) is 37.9 Å². The lowest BCUT2D eigenvalue weighted by atomic mass is 10.1. The second-order valence-electron chi connectivity index (χ2n) is 3.99. The van der Waals surface area contributed by atoms with E-state index in [0.29, 0.717) is 0 Å². The van der Waals surface area contributed by atoms with E-state index >= 15 is 0 Å². The maximum Gasteiger partial charge on any atom is 0.0163 e. The van der Waals surface area contributed by atoms with Crippen LogP contribution in [0.4, 0.5) is 0 Å². The molecule has 74 valence electrons. The number of hydrogen-bond donors (Lipinski definition) is 0. The Bertz CT molecular complexity index is 176. The number of likely N-dealkylation sites (tertiary alicyclic amines) is 1. The first-order chi connectivity index (χ1) is 6.29. The van der Waals surface area contributed by atoms with Gasteiger partial charge in [-0.05, 0) is 39.3 Å². The lowest BCUT2D eigenvalue weighted by Crippen LogP contribution is -2.29. The predicted molar refractivity (Wildman–Crippen MR) is 58.9 cm³/mol. The molecule has 1 saturated heterocycles. The van der Waals surface area contributed by atoms with E-state index in [2.05, 4.69) is 30.6 Å². The van der Waals surface area contributed by atoms with Crippen molar-refractivity contribution >= 4 is 0 Å². The van der Waals surface area contributed by atoms with Gasteiger partial charge in [0.2, 0.25) is 0 Å².